The van der Waals surface area contributed by atoms with Gasteiger partial charge in [-0.2, -0.15) is 13.2 Å². The highest BCUT2D eigenvalue weighted by Gasteiger charge is 2.32. The Morgan fingerprint density at radius 3 is 2.23 bits per heavy atom. The number of alkyl halides is 3. The zero-order chi connectivity index (χ0) is 16.3. The van der Waals surface area contributed by atoms with Crippen LogP contribution in [0.15, 0.2) is 36.4 Å². The molecule has 0 radical (unpaired) electrons. The third kappa shape index (κ3) is 3.99. The Kier molecular flexibility index (Phi) is 5.08. The van der Waals surface area contributed by atoms with Gasteiger partial charge in [0.1, 0.15) is 5.75 Å². The highest BCUT2D eigenvalue weighted by molar-refractivity contribution is 6.37. The number of rotatable bonds is 4. The van der Waals surface area contributed by atoms with Crippen molar-refractivity contribution in [2.24, 2.45) is 0 Å². The van der Waals surface area contributed by atoms with E-state index in [0.717, 1.165) is 6.07 Å². The van der Waals surface area contributed by atoms with Gasteiger partial charge < -0.3 is 9.84 Å². The summed E-state index contributed by atoms with van der Waals surface area (Å²) >= 11 is 11.7. The number of benzene rings is 2. The molecule has 0 aliphatic carbocycles. The van der Waals surface area contributed by atoms with Gasteiger partial charge in [-0.25, -0.2) is 0 Å². The van der Waals surface area contributed by atoms with Crippen molar-refractivity contribution in [1.82, 2.24) is 0 Å². The molecule has 7 heteroatoms. The average molecular weight is 351 g/mol. The van der Waals surface area contributed by atoms with Gasteiger partial charge in [-0.15, -0.1) is 0 Å². The summed E-state index contributed by atoms with van der Waals surface area (Å²) in [6.07, 6.45) is -4.37. The fraction of sp³-hybridized carbons (Fsp3) is 0.200. The molecule has 0 aromatic heterocycles. The molecule has 0 unspecified atom stereocenters. The third-order valence-electron chi connectivity index (χ3n) is 2.92. The van der Waals surface area contributed by atoms with Crippen molar-refractivity contribution >= 4 is 23.2 Å². The topological polar surface area (TPSA) is 29.5 Å². The Morgan fingerprint density at radius 1 is 1.05 bits per heavy atom. The third-order valence-corrected chi connectivity index (χ3v) is 3.49. The summed E-state index contributed by atoms with van der Waals surface area (Å²) < 4.78 is 43.9. The normalized spacial score (nSPS) is 11.5. The van der Waals surface area contributed by atoms with Gasteiger partial charge in [0.2, 0.25) is 0 Å². The lowest BCUT2D eigenvalue weighted by Gasteiger charge is -2.14. The molecule has 0 spiro atoms. The first-order chi connectivity index (χ1) is 10.3. The van der Waals surface area contributed by atoms with Crippen LogP contribution < -0.4 is 4.74 Å². The molecule has 2 nitrogen and oxygen atoms in total. The zero-order valence-electron chi connectivity index (χ0n) is 11.1. The molecule has 0 bridgehead atoms. The molecule has 0 aliphatic heterocycles. The van der Waals surface area contributed by atoms with Crippen LogP contribution in [0, 0.1) is 0 Å². The molecular formula is C15H11Cl2F3O2. The largest absolute Gasteiger partial charge is 0.508 e. The van der Waals surface area contributed by atoms with Crippen LogP contribution in [0.5, 0.6) is 11.5 Å². The summed E-state index contributed by atoms with van der Waals surface area (Å²) in [5, 5.41) is 9.48. The second-order valence-electron chi connectivity index (χ2n) is 4.49. The maximum absolute atomic E-state index is 12.9. The monoisotopic (exact) mass is 350 g/mol. The van der Waals surface area contributed by atoms with Crippen LogP contribution in [0.3, 0.4) is 0 Å². The van der Waals surface area contributed by atoms with Gasteiger partial charge in [0, 0.05) is 18.6 Å². The molecule has 2 rings (SSSR count). The fourth-order valence-electron chi connectivity index (χ4n) is 1.96. The summed E-state index contributed by atoms with van der Waals surface area (Å²) in [4.78, 5) is 0. The average Bonchev–Trinajstić information content (AvgIpc) is 2.41. The molecule has 0 saturated carbocycles. The molecule has 0 aliphatic rings. The fourth-order valence-corrected chi connectivity index (χ4v) is 2.55. The summed E-state index contributed by atoms with van der Waals surface area (Å²) in [7, 11) is 0. The first kappa shape index (κ1) is 16.8. The minimum Gasteiger partial charge on any atom is -0.508 e. The summed E-state index contributed by atoms with van der Waals surface area (Å²) in [5.41, 5.74) is -0.567. The molecule has 0 saturated heterocycles. The maximum atomic E-state index is 12.9. The van der Waals surface area contributed by atoms with Crippen molar-refractivity contribution in [1.29, 1.82) is 0 Å². The smallest absolute Gasteiger partial charge is 0.416 e. The maximum Gasteiger partial charge on any atom is 0.416 e. The number of aromatic hydroxyl groups is 1. The Balaban J connectivity index is 2.10. The van der Waals surface area contributed by atoms with Crippen molar-refractivity contribution in [2.75, 3.05) is 6.61 Å². The Bertz CT molecular complexity index is 649. The number of hydrogen-bond donors (Lipinski definition) is 1. The Labute approximate surface area is 135 Å². The molecule has 1 N–H and O–H groups in total. The van der Waals surface area contributed by atoms with Gasteiger partial charge in [-0.1, -0.05) is 41.4 Å². The standard InChI is InChI=1S/C15H11Cl2F3O2/c16-12-7-10(21)8-13(17)14(12)22-6-5-9-3-1-2-4-11(9)15(18,19)20/h1-4,7-8,21H,5-6H2. The Morgan fingerprint density at radius 2 is 1.64 bits per heavy atom. The highest BCUT2D eigenvalue weighted by atomic mass is 35.5. The summed E-state index contributed by atoms with van der Waals surface area (Å²) in [5.74, 6) is 0.00962. The Hall–Kier alpha value is -1.59. The first-order valence-electron chi connectivity index (χ1n) is 6.25. The van der Waals surface area contributed by atoms with E-state index in [2.05, 4.69) is 0 Å². The molecule has 0 fully saturated rings. The van der Waals surface area contributed by atoms with Gasteiger partial charge in [-0.3, -0.25) is 0 Å². The molecule has 2 aromatic rings. The predicted octanol–water partition coefficient (Wildman–Crippen LogP) is 5.34. The first-order valence-corrected chi connectivity index (χ1v) is 7.00. The van der Waals surface area contributed by atoms with E-state index in [4.69, 9.17) is 27.9 Å². The lowest BCUT2D eigenvalue weighted by molar-refractivity contribution is -0.138. The van der Waals surface area contributed by atoms with Crippen LogP contribution in [0.4, 0.5) is 13.2 Å². The number of hydrogen-bond acceptors (Lipinski definition) is 2. The van der Waals surface area contributed by atoms with Gasteiger partial charge in [0.25, 0.3) is 0 Å². The molecule has 0 atom stereocenters. The lowest BCUT2D eigenvalue weighted by Crippen LogP contribution is -2.11. The second kappa shape index (κ2) is 6.67. The number of ether oxygens (including phenoxy) is 1. The zero-order valence-corrected chi connectivity index (χ0v) is 12.6. The second-order valence-corrected chi connectivity index (χ2v) is 5.31. The molecule has 2 aromatic carbocycles. The van der Waals surface area contributed by atoms with Crippen LogP contribution in [-0.2, 0) is 12.6 Å². The van der Waals surface area contributed by atoms with Crippen molar-refractivity contribution < 1.29 is 23.0 Å². The van der Waals surface area contributed by atoms with Crippen LogP contribution in [0.2, 0.25) is 10.0 Å². The lowest BCUT2D eigenvalue weighted by atomic mass is 10.0. The summed E-state index contributed by atoms with van der Waals surface area (Å²) in [6, 6.07) is 7.77. The van der Waals surface area contributed by atoms with E-state index in [0.29, 0.717) is 0 Å². The van der Waals surface area contributed by atoms with Crippen LogP contribution >= 0.6 is 23.2 Å². The SMILES string of the molecule is Oc1cc(Cl)c(OCCc2ccccc2C(F)(F)F)c(Cl)c1. The molecule has 118 valence electrons. The highest BCUT2D eigenvalue weighted by Crippen LogP contribution is 2.37. The quantitative estimate of drug-likeness (QED) is 0.806. The van der Waals surface area contributed by atoms with Crippen molar-refractivity contribution in [3.8, 4) is 11.5 Å². The predicted molar refractivity (Wildman–Crippen MR) is 78.8 cm³/mol. The van der Waals surface area contributed by atoms with E-state index in [9.17, 15) is 18.3 Å². The molecular weight excluding hydrogens is 340 g/mol. The molecule has 0 heterocycles. The van der Waals surface area contributed by atoms with E-state index in [1.165, 1.54) is 30.3 Å². The van der Waals surface area contributed by atoms with Gasteiger partial charge >= 0.3 is 6.18 Å². The van der Waals surface area contributed by atoms with E-state index in [1.807, 2.05) is 0 Å². The van der Waals surface area contributed by atoms with Crippen LogP contribution in [-0.4, -0.2) is 11.7 Å². The number of halogens is 5. The van der Waals surface area contributed by atoms with E-state index in [-0.39, 0.29) is 40.1 Å². The van der Waals surface area contributed by atoms with Gasteiger partial charge in [0.05, 0.1) is 22.2 Å². The van der Waals surface area contributed by atoms with Crippen molar-refractivity contribution in [3.05, 3.63) is 57.6 Å². The van der Waals surface area contributed by atoms with Gasteiger partial charge in [0.15, 0.2) is 5.75 Å². The minimum absolute atomic E-state index is 0.0304. The molecule has 0 amide bonds. The van der Waals surface area contributed by atoms with Crippen LogP contribution in [0.1, 0.15) is 11.1 Å². The van der Waals surface area contributed by atoms with Gasteiger partial charge in [-0.05, 0) is 11.6 Å². The van der Waals surface area contributed by atoms with E-state index >= 15 is 0 Å². The van der Waals surface area contributed by atoms with E-state index in [1.54, 1.807) is 0 Å². The summed E-state index contributed by atoms with van der Waals surface area (Å²) in [6.45, 7) is -0.0304. The number of phenols is 1. The van der Waals surface area contributed by atoms with Crippen molar-refractivity contribution in [2.45, 2.75) is 12.6 Å². The van der Waals surface area contributed by atoms with E-state index < -0.39 is 11.7 Å². The molecule has 22 heavy (non-hydrogen) atoms. The number of phenolic OH excluding ortho intramolecular Hbond substituents is 1. The minimum atomic E-state index is -4.41. The van der Waals surface area contributed by atoms with Crippen molar-refractivity contribution in [3.63, 3.8) is 0 Å². The van der Waals surface area contributed by atoms with Crippen LogP contribution in [0.25, 0.3) is 0 Å².